The number of hydrogen-bond donors (Lipinski definition) is 1. The zero-order valence-corrected chi connectivity index (χ0v) is 28.6. The fourth-order valence-electron chi connectivity index (χ4n) is 8.56. The van der Waals surface area contributed by atoms with Crippen LogP contribution >= 0.6 is 0 Å². The molecule has 11 heteroatoms. The largest absolute Gasteiger partial charge is 0.451 e. The molecule has 2 amide bonds. The number of nitrogens with one attached hydrogen (secondary N) is 1. The number of nitrogens with zero attached hydrogens (tertiary/aromatic N) is 5. The van der Waals surface area contributed by atoms with Crippen LogP contribution in [0.4, 0.5) is 10.2 Å². The zero-order chi connectivity index (χ0) is 33.3. The summed E-state index contributed by atoms with van der Waals surface area (Å²) in [6, 6.07) is 3.97. The average Bonchev–Trinajstić information content (AvgIpc) is 3.32. The third kappa shape index (κ3) is 7.11. The Morgan fingerprint density at radius 2 is 1.79 bits per heavy atom. The summed E-state index contributed by atoms with van der Waals surface area (Å²) < 4.78 is 26.0. The van der Waals surface area contributed by atoms with E-state index in [0.29, 0.717) is 29.8 Å². The fraction of sp³-hybridized carbons (Fsp3) is 0.667. The second-order valence-corrected chi connectivity index (χ2v) is 15.1. The van der Waals surface area contributed by atoms with Gasteiger partial charge in [0.2, 0.25) is 5.91 Å². The minimum Gasteiger partial charge on any atom is -0.451 e. The van der Waals surface area contributed by atoms with Gasteiger partial charge in [-0.3, -0.25) is 9.59 Å². The van der Waals surface area contributed by atoms with E-state index in [-0.39, 0.29) is 46.3 Å². The van der Waals surface area contributed by atoms with Gasteiger partial charge in [0, 0.05) is 49.8 Å². The fourth-order valence-corrected chi connectivity index (χ4v) is 8.56. The number of anilines is 1. The first kappa shape index (κ1) is 33.6. The number of benzene rings is 1. The predicted octanol–water partition coefficient (Wildman–Crippen LogP) is 5.28. The van der Waals surface area contributed by atoms with Gasteiger partial charge >= 0.3 is 0 Å². The summed E-state index contributed by atoms with van der Waals surface area (Å²) in [4.78, 5) is 41.4. The normalized spacial score (nSPS) is 25.8. The first-order chi connectivity index (χ1) is 22.5. The van der Waals surface area contributed by atoms with Crippen LogP contribution in [0.15, 0.2) is 30.7 Å². The maximum Gasteiger partial charge on any atom is 0.258 e. The van der Waals surface area contributed by atoms with E-state index >= 15 is 0 Å². The van der Waals surface area contributed by atoms with Gasteiger partial charge in [0.05, 0.1) is 24.3 Å². The van der Waals surface area contributed by atoms with Gasteiger partial charge in [-0.25, -0.2) is 14.4 Å². The van der Waals surface area contributed by atoms with Crippen LogP contribution in [-0.2, 0) is 9.53 Å². The molecule has 1 aliphatic carbocycles. The Bertz CT molecular complexity index is 1420. The summed E-state index contributed by atoms with van der Waals surface area (Å²) in [6.45, 7) is 13.4. The number of halogens is 1. The van der Waals surface area contributed by atoms with Crippen molar-refractivity contribution >= 4 is 17.6 Å². The number of carbonyl (C=O) groups is 2. The van der Waals surface area contributed by atoms with Crippen LogP contribution in [0.25, 0.3) is 0 Å². The molecule has 2 spiro atoms. The monoisotopic (exact) mass is 650 g/mol. The number of piperidine rings is 1. The van der Waals surface area contributed by atoms with Crippen molar-refractivity contribution in [2.45, 2.75) is 90.3 Å². The van der Waals surface area contributed by atoms with E-state index in [0.717, 1.165) is 64.8 Å². The van der Waals surface area contributed by atoms with Crippen LogP contribution in [0.3, 0.4) is 0 Å². The third-order valence-corrected chi connectivity index (χ3v) is 11.0. The van der Waals surface area contributed by atoms with E-state index in [4.69, 9.17) is 9.47 Å². The van der Waals surface area contributed by atoms with E-state index in [9.17, 15) is 14.0 Å². The van der Waals surface area contributed by atoms with Crippen LogP contribution in [0.2, 0.25) is 0 Å². The number of methoxy groups -OCH3 is 1. The summed E-state index contributed by atoms with van der Waals surface area (Å²) in [5.41, 5.74) is 0.426. The molecule has 1 unspecified atom stereocenters. The molecule has 1 N–H and O–H groups in total. The van der Waals surface area contributed by atoms with Gasteiger partial charge in [-0.1, -0.05) is 0 Å². The van der Waals surface area contributed by atoms with E-state index in [1.807, 2.05) is 27.7 Å². The molecule has 4 aliphatic rings. The van der Waals surface area contributed by atoms with Crippen molar-refractivity contribution in [3.63, 3.8) is 0 Å². The number of amides is 2. The number of ether oxygens (including phenoxy) is 2. The molecule has 47 heavy (non-hydrogen) atoms. The van der Waals surface area contributed by atoms with Gasteiger partial charge in [-0.05, 0) is 110 Å². The summed E-state index contributed by atoms with van der Waals surface area (Å²) in [7, 11) is 1.67. The van der Waals surface area contributed by atoms with Gasteiger partial charge in [0.15, 0.2) is 11.6 Å². The minimum absolute atomic E-state index is 0.00292. The molecule has 6 rings (SSSR count). The Balaban J connectivity index is 1.03. The molecule has 1 atom stereocenters. The van der Waals surface area contributed by atoms with E-state index in [1.54, 1.807) is 18.2 Å². The lowest BCUT2D eigenvalue weighted by molar-refractivity contribution is -0.124. The molecule has 4 heterocycles. The van der Waals surface area contributed by atoms with Gasteiger partial charge in [0.1, 0.15) is 17.9 Å². The Morgan fingerprint density at radius 1 is 1.09 bits per heavy atom. The SMILES string of the molecule is COCC1CC2(CCC(CN3CCC4(CC3)CN(c3ncncc3Oc3ccc(F)cc3C(=O)N(C(C)C)C(C)C)C4)CC2)NC1=O. The summed E-state index contributed by atoms with van der Waals surface area (Å²) >= 11 is 0. The molecule has 0 radical (unpaired) electrons. The van der Waals surface area contributed by atoms with Gasteiger partial charge in [-0.2, -0.15) is 0 Å². The van der Waals surface area contributed by atoms with Gasteiger partial charge in [-0.15, -0.1) is 0 Å². The molecule has 0 bridgehead atoms. The van der Waals surface area contributed by atoms with Crippen molar-refractivity contribution in [2.75, 3.05) is 51.3 Å². The van der Waals surface area contributed by atoms with Crippen LogP contribution in [0, 0.1) is 23.1 Å². The molecule has 1 aromatic heterocycles. The first-order valence-electron chi connectivity index (χ1n) is 17.4. The van der Waals surface area contributed by atoms with Crippen LogP contribution in [0.5, 0.6) is 11.5 Å². The van der Waals surface area contributed by atoms with Crippen molar-refractivity contribution < 1.29 is 23.5 Å². The Hall–Kier alpha value is -3.31. The highest BCUT2D eigenvalue weighted by molar-refractivity contribution is 5.97. The van der Waals surface area contributed by atoms with Crippen molar-refractivity contribution in [2.24, 2.45) is 17.3 Å². The second-order valence-electron chi connectivity index (χ2n) is 15.1. The highest BCUT2D eigenvalue weighted by Crippen LogP contribution is 2.46. The number of hydrogen-bond acceptors (Lipinski definition) is 8. The molecule has 4 fully saturated rings. The average molecular weight is 651 g/mol. The highest BCUT2D eigenvalue weighted by Gasteiger charge is 2.48. The van der Waals surface area contributed by atoms with Crippen molar-refractivity contribution in [3.05, 3.63) is 42.1 Å². The Labute approximate surface area is 278 Å². The number of carbonyl (C=O) groups excluding carboxylic acids is 2. The Morgan fingerprint density at radius 3 is 2.45 bits per heavy atom. The number of rotatable bonds is 10. The van der Waals surface area contributed by atoms with Crippen molar-refractivity contribution in [3.8, 4) is 11.5 Å². The van der Waals surface area contributed by atoms with Gasteiger partial charge < -0.3 is 29.5 Å². The number of likely N-dealkylation sites (tertiary alicyclic amines) is 1. The molecule has 1 aromatic carbocycles. The molecule has 3 saturated heterocycles. The lowest BCUT2D eigenvalue weighted by Crippen LogP contribution is -2.61. The molecule has 1 saturated carbocycles. The molecular weight excluding hydrogens is 599 g/mol. The maximum absolute atomic E-state index is 14.4. The summed E-state index contributed by atoms with van der Waals surface area (Å²) in [6.07, 6.45) is 10.8. The zero-order valence-electron chi connectivity index (χ0n) is 28.6. The minimum atomic E-state index is -0.487. The smallest absolute Gasteiger partial charge is 0.258 e. The standard InChI is InChI=1S/C36H51FN6O4/c1-24(2)43(25(3)4)34(45)29-16-28(37)6-7-30(29)47-31-18-38-23-39-32(31)42-21-35(22-42)12-14-41(15-13-35)19-26-8-10-36(11-9-26)17-27(20-46-5)33(44)40-36/h6-7,16,18,23-27H,8-15,17,19-22H2,1-5H3,(H,40,44). The molecular formula is C36H51FN6O4. The Kier molecular flexibility index (Phi) is 9.76. The molecule has 256 valence electrons. The van der Waals surface area contributed by atoms with Crippen LogP contribution in [0.1, 0.15) is 83.0 Å². The van der Waals surface area contributed by atoms with E-state index < -0.39 is 5.82 Å². The maximum atomic E-state index is 14.4. The molecule has 10 nitrogen and oxygen atoms in total. The van der Waals surface area contributed by atoms with Crippen LogP contribution < -0.4 is 15.0 Å². The van der Waals surface area contributed by atoms with Crippen molar-refractivity contribution in [1.29, 1.82) is 0 Å². The van der Waals surface area contributed by atoms with E-state index in [1.165, 1.54) is 37.4 Å². The second kappa shape index (κ2) is 13.7. The van der Waals surface area contributed by atoms with E-state index in [2.05, 4.69) is 25.1 Å². The van der Waals surface area contributed by atoms with Crippen LogP contribution in [-0.4, -0.2) is 95.6 Å². The lowest BCUT2D eigenvalue weighted by atomic mass is 9.71. The molecule has 3 aliphatic heterocycles. The highest BCUT2D eigenvalue weighted by atomic mass is 19.1. The predicted molar refractivity (Wildman–Crippen MR) is 178 cm³/mol. The molecule has 2 aromatic rings. The lowest BCUT2D eigenvalue weighted by Gasteiger charge is -2.55. The third-order valence-electron chi connectivity index (χ3n) is 11.0. The number of aromatic nitrogens is 2. The van der Waals surface area contributed by atoms with Gasteiger partial charge in [0.25, 0.3) is 5.91 Å². The first-order valence-corrected chi connectivity index (χ1v) is 17.4. The van der Waals surface area contributed by atoms with Crippen molar-refractivity contribution in [1.82, 2.24) is 25.1 Å². The topological polar surface area (TPSA) is 100 Å². The summed E-state index contributed by atoms with van der Waals surface area (Å²) in [5, 5.41) is 3.32. The quantitative estimate of drug-likeness (QED) is 0.371. The summed E-state index contributed by atoms with van der Waals surface area (Å²) in [5.74, 6) is 1.54.